The molecule has 1 fully saturated rings. The second-order valence-electron chi connectivity index (χ2n) is 5.95. The molecule has 6 heteroatoms. The van der Waals surface area contributed by atoms with Crippen molar-refractivity contribution >= 4 is 5.91 Å². The van der Waals surface area contributed by atoms with E-state index in [0.29, 0.717) is 12.3 Å². The third-order valence-corrected chi connectivity index (χ3v) is 4.16. The van der Waals surface area contributed by atoms with Gasteiger partial charge < -0.3 is 9.73 Å². The topological polar surface area (TPSA) is 63.3 Å². The Bertz CT molecular complexity index is 641. The summed E-state index contributed by atoms with van der Waals surface area (Å²) >= 11 is 0. The van der Waals surface area contributed by atoms with Crippen LogP contribution in [0, 0.1) is 0 Å². The van der Waals surface area contributed by atoms with Crippen molar-refractivity contribution in [1.82, 2.24) is 20.0 Å². The number of amides is 1. The molecule has 3 heterocycles. The Hall–Kier alpha value is -2.08. The number of furan rings is 1. The van der Waals surface area contributed by atoms with Gasteiger partial charge in [-0.15, -0.1) is 0 Å². The lowest BCUT2D eigenvalue weighted by Gasteiger charge is -2.25. The van der Waals surface area contributed by atoms with Crippen molar-refractivity contribution in [2.75, 3.05) is 13.1 Å². The van der Waals surface area contributed by atoms with E-state index in [2.05, 4.69) is 15.3 Å². The number of carbonyl (C=O) groups is 1. The molecule has 1 aliphatic rings. The zero-order valence-electron chi connectivity index (χ0n) is 13.6. The number of piperidine rings is 1. The smallest absolute Gasteiger partial charge is 0.287 e. The minimum absolute atomic E-state index is 0.194. The largest absolute Gasteiger partial charge is 0.455 e. The van der Waals surface area contributed by atoms with Crippen LogP contribution in [0.5, 0.6) is 0 Å². The van der Waals surface area contributed by atoms with Crippen LogP contribution < -0.4 is 5.32 Å². The van der Waals surface area contributed by atoms with Crippen molar-refractivity contribution < 1.29 is 9.21 Å². The van der Waals surface area contributed by atoms with E-state index in [0.717, 1.165) is 37.6 Å². The molecule has 124 valence electrons. The van der Waals surface area contributed by atoms with Gasteiger partial charge in [0.1, 0.15) is 5.76 Å². The minimum Gasteiger partial charge on any atom is -0.455 e. The van der Waals surface area contributed by atoms with Crippen molar-refractivity contribution in [1.29, 1.82) is 0 Å². The third kappa shape index (κ3) is 4.22. The van der Waals surface area contributed by atoms with Crippen molar-refractivity contribution in [3.8, 4) is 0 Å². The molecule has 1 saturated heterocycles. The number of nitrogens with one attached hydrogen (secondary N) is 1. The molecule has 1 amide bonds. The standard InChI is InChI=1S/C17H24N4O2/c1-2-21-11-8-14(19-21)12-18-17(22)16-7-6-15(23-16)13-20-9-4-3-5-10-20/h6-8,11H,2-5,9-10,12-13H2,1H3,(H,18,22). The van der Waals surface area contributed by atoms with E-state index in [1.807, 2.05) is 29.9 Å². The van der Waals surface area contributed by atoms with Gasteiger partial charge in [-0.1, -0.05) is 6.42 Å². The van der Waals surface area contributed by atoms with Crippen molar-refractivity contribution in [3.05, 3.63) is 41.6 Å². The first-order valence-electron chi connectivity index (χ1n) is 8.36. The molecule has 1 aliphatic heterocycles. The summed E-state index contributed by atoms with van der Waals surface area (Å²) in [6.45, 7) is 6.28. The van der Waals surface area contributed by atoms with Crippen LogP contribution in [0.25, 0.3) is 0 Å². The van der Waals surface area contributed by atoms with Crippen LogP contribution in [0.4, 0.5) is 0 Å². The molecule has 6 nitrogen and oxygen atoms in total. The van der Waals surface area contributed by atoms with Crippen LogP contribution in [0.1, 0.15) is 48.2 Å². The summed E-state index contributed by atoms with van der Waals surface area (Å²) < 4.78 is 7.52. The number of carbonyl (C=O) groups excluding carboxylic acids is 1. The molecule has 0 aromatic carbocycles. The highest BCUT2D eigenvalue weighted by Gasteiger charge is 2.15. The number of nitrogens with zero attached hydrogens (tertiary/aromatic N) is 3. The van der Waals surface area contributed by atoms with E-state index in [4.69, 9.17) is 4.42 Å². The fourth-order valence-corrected chi connectivity index (χ4v) is 2.85. The van der Waals surface area contributed by atoms with Crippen molar-refractivity contribution in [3.63, 3.8) is 0 Å². The number of aromatic nitrogens is 2. The first-order chi connectivity index (χ1) is 11.2. The van der Waals surface area contributed by atoms with Gasteiger partial charge in [-0.25, -0.2) is 0 Å². The van der Waals surface area contributed by atoms with Crippen LogP contribution >= 0.6 is 0 Å². The molecule has 0 bridgehead atoms. The van der Waals surface area contributed by atoms with E-state index in [9.17, 15) is 4.79 Å². The predicted molar refractivity (Wildman–Crippen MR) is 86.9 cm³/mol. The predicted octanol–water partition coefficient (Wildman–Crippen LogP) is 2.41. The van der Waals surface area contributed by atoms with Crippen LogP contribution in [0.2, 0.25) is 0 Å². The number of likely N-dealkylation sites (tertiary alicyclic amines) is 1. The second-order valence-corrected chi connectivity index (χ2v) is 5.95. The summed E-state index contributed by atoms with van der Waals surface area (Å²) in [5.74, 6) is 1.03. The molecule has 23 heavy (non-hydrogen) atoms. The van der Waals surface area contributed by atoms with Gasteiger partial charge >= 0.3 is 0 Å². The molecule has 0 aliphatic carbocycles. The second kappa shape index (κ2) is 7.46. The summed E-state index contributed by atoms with van der Waals surface area (Å²) in [5, 5.41) is 7.19. The Kier molecular flexibility index (Phi) is 5.12. The molecule has 3 rings (SSSR count). The zero-order valence-corrected chi connectivity index (χ0v) is 13.6. The van der Waals surface area contributed by atoms with Crippen molar-refractivity contribution in [2.24, 2.45) is 0 Å². The number of rotatable bonds is 6. The molecule has 2 aromatic rings. The van der Waals surface area contributed by atoms with Gasteiger partial charge in [0.15, 0.2) is 5.76 Å². The van der Waals surface area contributed by atoms with Crippen LogP contribution in [-0.4, -0.2) is 33.7 Å². The third-order valence-electron chi connectivity index (χ3n) is 4.16. The van der Waals surface area contributed by atoms with Gasteiger partial charge in [0, 0.05) is 12.7 Å². The Morgan fingerprint density at radius 1 is 1.26 bits per heavy atom. The van der Waals surface area contributed by atoms with E-state index < -0.39 is 0 Å². The number of hydrogen-bond donors (Lipinski definition) is 1. The number of hydrogen-bond acceptors (Lipinski definition) is 4. The van der Waals surface area contributed by atoms with Gasteiger partial charge in [-0.3, -0.25) is 14.4 Å². The lowest BCUT2D eigenvalue weighted by molar-refractivity contribution is 0.0918. The van der Waals surface area contributed by atoms with E-state index in [1.165, 1.54) is 19.3 Å². The van der Waals surface area contributed by atoms with E-state index in [-0.39, 0.29) is 5.91 Å². The normalized spacial score (nSPS) is 15.7. The average molecular weight is 316 g/mol. The monoisotopic (exact) mass is 316 g/mol. The quantitative estimate of drug-likeness (QED) is 0.889. The summed E-state index contributed by atoms with van der Waals surface area (Å²) in [6.07, 6.45) is 5.72. The average Bonchev–Trinajstić information content (AvgIpc) is 3.23. The molecule has 0 spiro atoms. The molecule has 0 unspecified atom stereocenters. The van der Waals surface area contributed by atoms with Crippen LogP contribution in [-0.2, 0) is 19.6 Å². The maximum atomic E-state index is 12.1. The minimum atomic E-state index is -0.194. The Labute approximate surface area is 136 Å². The highest BCUT2D eigenvalue weighted by atomic mass is 16.4. The molecular weight excluding hydrogens is 292 g/mol. The van der Waals surface area contributed by atoms with Crippen molar-refractivity contribution in [2.45, 2.75) is 45.8 Å². The van der Waals surface area contributed by atoms with Gasteiger partial charge in [0.2, 0.25) is 0 Å². The number of aryl methyl sites for hydroxylation is 1. The fourth-order valence-electron chi connectivity index (χ4n) is 2.85. The Morgan fingerprint density at radius 2 is 2.09 bits per heavy atom. The fraction of sp³-hybridized carbons (Fsp3) is 0.529. The van der Waals surface area contributed by atoms with Crippen LogP contribution in [0.15, 0.2) is 28.8 Å². The van der Waals surface area contributed by atoms with Gasteiger partial charge in [0.25, 0.3) is 5.91 Å². The van der Waals surface area contributed by atoms with E-state index >= 15 is 0 Å². The zero-order chi connectivity index (χ0) is 16.1. The molecule has 2 aromatic heterocycles. The summed E-state index contributed by atoms with van der Waals surface area (Å²) in [4.78, 5) is 14.5. The van der Waals surface area contributed by atoms with Gasteiger partial charge in [-0.05, 0) is 51.1 Å². The lowest BCUT2D eigenvalue weighted by atomic mass is 10.1. The summed E-state index contributed by atoms with van der Waals surface area (Å²) in [5.41, 5.74) is 0.847. The van der Waals surface area contributed by atoms with Crippen LogP contribution in [0.3, 0.4) is 0 Å². The summed E-state index contributed by atoms with van der Waals surface area (Å²) in [6, 6.07) is 5.56. The molecule has 0 atom stereocenters. The Balaban J connectivity index is 1.51. The van der Waals surface area contributed by atoms with E-state index in [1.54, 1.807) is 6.07 Å². The first-order valence-corrected chi connectivity index (χ1v) is 8.36. The highest BCUT2D eigenvalue weighted by molar-refractivity contribution is 5.91. The maximum absolute atomic E-state index is 12.1. The maximum Gasteiger partial charge on any atom is 0.287 e. The molecule has 1 N–H and O–H groups in total. The molecule has 0 saturated carbocycles. The molecular formula is C17H24N4O2. The summed E-state index contributed by atoms with van der Waals surface area (Å²) in [7, 11) is 0. The lowest BCUT2D eigenvalue weighted by Crippen LogP contribution is -2.28. The molecule has 0 radical (unpaired) electrons. The Morgan fingerprint density at radius 3 is 2.83 bits per heavy atom. The first kappa shape index (κ1) is 15.8. The highest BCUT2D eigenvalue weighted by Crippen LogP contribution is 2.15. The van der Waals surface area contributed by atoms with Gasteiger partial charge in [-0.2, -0.15) is 5.10 Å². The van der Waals surface area contributed by atoms with Gasteiger partial charge in [0.05, 0.1) is 18.8 Å². The SMILES string of the molecule is CCn1ccc(CNC(=O)c2ccc(CN3CCCCC3)o2)n1.